The van der Waals surface area contributed by atoms with Gasteiger partial charge in [-0.2, -0.15) is 0 Å². The lowest BCUT2D eigenvalue weighted by Crippen LogP contribution is -2.26. The topological polar surface area (TPSA) is 26.3 Å². The number of hydrogen-bond acceptors (Lipinski definition) is 2. The van der Waals surface area contributed by atoms with Crippen LogP contribution in [0.2, 0.25) is 0 Å². The van der Waals surface area contributed by atoms with Gasteiger partial charge in [0.25, 0.3) is 6.43 Å². The van der Waals surface area contributed by atoms with Gasteiger partial charge >= 0.3 is 0 Å². The average molecular weight is 453 g/mol. The van der Waals surface area contributed by atoms with Gasteiger partial charge in [-0.3, -0.25) is 4.79 Å². The average Bonchev–Trinajstić information content (AvgIpc) is 2.79. The number of benzene rings is 1. The molecule has 0 bridgehead atoms. The molecule has 5 heteroatoms. The van der Waals surface area contributed by atoms with Crippen LogP contribution in [0.5, 0.6) is 5.75 Å². The zero-order valence-corrected chi connectivity index (χ0v) is 19.7. The quantitative estimate of drug-likeness (QED) is 0.332. The Morgan fingerprint density at radius 1 is 0.969 bits per heavy atom. The van der Waals surface area contributed by atoms with Crippen molar-refractivity contribution >= 4 is 5.78 Å². The third-order valence-corrected chi connectivity index (χ3v) is 8.05. The smallest absolute Gasteiger partial charge is 0.267 e. The fraction of sp³-hybridized carbons (Fsp3) is 0.741. The molecule has 0 radical (unpaired) electrons. The molecule has 0 aliphatic heterocycles. The molecule has 2 aliphatic carbocycles. The number of ketones is 1. The highest BCUT2D eigenvalue weighted by atomic mass is 19.3. The number of carbonyl (C=O) groups excluding carboxylic acids is 1. The van der Waals surface area contributed by atoms with E-state index in [0.717, 1.165) is 24.2 Å². The summed E-state index contributed by atoms with van der Waals surface area (Å²) in [6.45, 7) is 2.29. The minimum atomic E-state index is -3.05. The summed E-state index contributed by atoms with van der Waals surface area (Å²) in [5, 5.41) is 0. The number of Topliss-reactive ketones (excluding diaryl/α,β-unsaturated/α-hetero) is 1. The fourth-order valence-electron chi connectivity index (χ4n) is 6.18. The van der Waals surface area contributed by atoms with Crippen molar-refractivity contribution in [2.24, 2.45) is 23.7 Å². The Bertz CT molecular complexity index is 733. The van der Waals surface area contributed by atoms with Gasteiger partial charge in [-0.1, -0.05) is 51.9 Å². The minimum absolute atomic E-state index is 0.187. The molecule has 1 aromatic rings. The van der Waals surface area contributed by atoms with Gasteiger partial charge in [-0.05, 0) is 67.9 Å². The van der Waals surface area contributed by atoms with Crippen LogP contribution < -0.4 is 4.74 Å². The molecule has 2 nitrogen and oxygen atoms in total. The molecular weight excluding hydrogens is 413 g/mol. The van der Waals surface area contributed by atoms with Gasteiger partial charge in [0.2, 0.25) is 0 Å². The molecule has 0 atom stereocenters. The number of carbonyl (C=O) groups is 1. The van der Waals surface area contributed by atoms with Crippen LogP contribution >= 0.6 is 0 Å². The highest BCUT2D eigenvalue weighted by Gasteiger charge is 2.31. The summed E-state index contributed by atoms with van der Waals surface area (Å²) in [6, 6.07) is 2.53. The number of alkyl halides is 2. The van der Waals surface area contributed by atoms with Crippen LogP contribution in [0.1, 0.15) is 113 Å². The van der Waals surface area contributed by atoms with Crippen LogP contribution in [-0.4, -0.2) is 12.9 Å². The van der Waals surface area contributed by atoms with Crippen molar-refractivity contribution < 1.29 is 22.7 Å². The molecule has 2 aliphatic rings. The number of halogens is 3. The zero-order valence-electron chi connectivity index (χ0n) is 19.7. The van der Waals surface area contributed by atoms with Crippen LogP contribution in [0.3, 0.4) is 0 Å². The first-order valence-electron chi connectivity index (χ1n) is 12.6. The van der Waals surface area contributed by atoms with Gasteiger partial charge in [0, 0.05) is 12.0 Å². The van der Waals surface area contributed by atoms with Crippen molar-refractivity contribution in [2.75, 3.05) is 7.11 Å². The third kappa shape index (κ3) is 6.29. The van der Waals surface area contributed by atoms with Gasteiger partial charge in [0.05, 0.1) is 12.7 Å². The molecule has 180 valence electrons. The predicted molar refractivity (Wildman–Crippen MR) is 122 cm³/mol. The molecule has 0 N–H and O–H groups in total. The minimum Gasteiger partial charge on any atom is -0.494 e. The van der Waals surface area contributed by atoms with E-state index in [0.29, 0.717) is 12.3 Å². The second-order valence-electron chi connectivity index (χ2n) is 10.0. The molecule has 32 heavy (non-hydrogen) atoms. The summed E-state index contributed by atoms with van der Waals surface area (Å²) in [4.78, 5) is 12.6. The maximum atomic E-state index is 14.3. The summed E-state index contributed by atoms with van der Waals surface area (Å²) in [5.41, 5.74) is -1.04. The van der Waals surface area contributed by atoms with Crippen LogP contribution in [-0.2, 0) is 0 Å². The predicted octanol–water partition coefficient (Wildman–Crippen LogP) is 8.54. The SMILES string of the molecule is CCCC1CCC(C2CCC(CCCC(=O)c3ccc(OC)c(F)c3C(F)F)CC2)CC1. The molecule has 0 heterocycles. The Hall–Kier alpha value is -1.52. The standard InChI is InChI=1S/C27H39F3O2/c1-3-5-18-8-12-20(13-9-18)21-14-10-19(11-15-21)6-4-7-23(31)22-16-17-24(32-2)26(28)25(22)27(29)30/h16-21,27H,3-15H2,1-2H3. The molecule has 1 aromatic carbocycles. The van der Waals surface area contributed by atoms with Crippen molar-refractivity contribution in [3.05, 3.63) is 29.1 Å². The van der Waals surface area contributed by atoms with E-state index in [9.17, 15) is 18.0 Å². The lowest BCUT2D eigenvalue weighted by Gasteiger charge is -2.38. The van der Waals surface area contributed by atoms with Crippen molar-refractivity contribution in [1.82, 2.24) is 0 Å². The normalized spacial score (nSPS) is 26.3. The van der Waals surface area contributed by atoms with Crippen LogP contribution in [0.25, 0.3) is 0 Å². The molecule has 2 fully saturated rings. The second-order valence-corrected chi connectivity index (χ2v) is 10.0. The molecule has 3 rings (SSSR count). The van der Waals surface area contributed by atoms with E-state index in [1.54, 1.807) is 0 Å². The first kappa shape index (κ1) is 25.1. The molecule has 0 spiro atoms. The zero-order chi connectivity index (χ0) is 23.1. The number of rotatable bonds is 10. The van der Waals surface area contributed by atoms with E-state index in [2.05, 4.69) is 6.92 Å². The maximum Gasteiger partial charge on any atom is 0.267 e. The van der Waals surface area contributed by atoms with E-state index in [-0.39, 0.29) is 17.7 Å². The second kappa shape index (κ2) is 12.1. The number of hydrogen-bond donors (Lipinski definition) is 0. The Kier molecular flexibility index (Phi) is 9.48. The van der Waals surface area contributed by atoms with Crippen molar-refractivity contribution in [3.63, 3.8) is 0 Å². The van der Waals surface area contributed by atoms with Gasteiger partial charge in [-0.15, -0.1) is 0 Å². The van der Waals surface area contributed by atoms with E-state index >= 15 is 0 Å². The van der Waals surface area contributed by atoms with Crippen LogP contribution in [0, 0.1) is 29.5 Å². The fourth-order valence-corrected chi connectivity index (χ4v) is 6.18. The van der Waals surface area contributed by atoms with E-state index in [1.165, 1.54) is 83.5 Å². The summed E-state index contributed by atoms with van der Waals surface area (Å²) in [6.07, 6.45) is 12.1. The molecule has 0 aromatic heterocycles. The van der Waals surface area contributed by atoms with E-state index in [1.807, 2.05) is 0 Å². The highest BCUT2D eigenvalue weighted by Crippen LogP contribution is 2.43. The van der Waals surface area contributed by atoms with Gasteiger partial charge in [0.15, 0.2) is 17.3 Å². The first-order valence-corrected chi connectivity index (χ1v) is 12.6. The molecule has 0 unspecified atom stereocenters. The van der Waals surface area contributed by atoms with Gasteiger partial charge in [-0.25, -0.2) is 13.2 Å². The third-order valence-electron chi connectivity index (χ3n) is 8.05. The van der Waals surface area contributed by atoms with Crippen LogP contribution in [0.15, 0.2) is 12.1 Å². The van der Waals surface area contributed by atoms with Crippen molar-refractivity contribution in [3.8, 4) is 5.75 Å². The highest BCUT2D eigenvalue weighted by molar-refractivity contribution is 5.97. The first-order chi connectivity index (χ1) is 15.4. The summed E-state index contributed by atoms with van der Waals surface area (Å²) in [5.74, 6) is 1.56. The maximum absolute atomic E-state index is 14.3. The summed E-state index contributed by atoms with van der Waals surface area (Å²) in [7, 11) is 1.22. The van der Waals surface area contributed by atoms with Gasteiger partial charge < -0.3 is 4.74 Å². The van der Waals surface area contributed by atoms with Crippen LogP contribution in [0.4, 0.5) is 13.2 Å². The molecule has 0 amide bonds. The molecule has 2 saturated carbocycles. The Morgan fingerprint density at radius 3 is 2.03 bits per heavy atom. The number of methoxy groups -OCH3 is 1. The van der Waals surface area contributed by atoms with E-state index < -0.39 is 23.6 Å². The van der Waals surface area contributed by atoms with Crippen molar-refractivity contribution in [2.45, 2.75) is 96.8 Å². The van der Waals surface area contributed by atoms with E-state index in [4.69, 9.17) is 4.74 Å². The Labute approximate surface area is 191 Å². The number of ether oxygens (including phenoxy) is 1. The lowest BCUT2D eigenvalue weighted by atomic mass is 9.68. The Morgan fingerprint density at radius 2 is 1.53 bits per heavy atom. The Balaban J connectivity index is 1.42. The van der Waals surface area contributed by atoms with Gasteiger partial charge in [0.1, 0.15) is 0 Å². The summed E-state index contributed by atoms with van der Waals surface area (Å²) >= 11 is 0. The summed E-state index contributed by atoms with van der Waals surface area (Å²) < 4.78 is 45.8. The molecular formula is C27H39F3O2. The largest absolute Gasteiger partial charge is 0.494 e. The molecule has 0 saturated heterocycles. The lowest BCUT2D eigenvalue weighted by molar-refractivity contribution is 0.0956. The monoisotopic (exact) mass is 452 g/mol. The van der Waals surface area contributed by atoms with Crippen molar-refractivity contribution in [1.29, 1.82) is 0 Å².